The second-order valence-corrected chi connectivity index (χ2v) is 4.60. The summed E-state index contributed by atoms with van der Waals surface area (Å²) in [6.07, 6.45) is 1.53. The van der Waals surface area contributed by atoms with Crippen LogP contribution in [-0.2, 0) is 18.4 Å². The summed E-state index contributed by atoms with van der Waals surface area (Å²) in [7, 11) is 1.62. The molecule has 0 aromatic carbocycles. The highest BCUT2D eigenvalue weighted by atomic mass is 16.3. The minimum atomic E-state index is -0.690. The number of amides is 2. The SMILES string of the molecule is Cc1nc(C(=O)N[C@H](C)C(=O)NCc2ccco2)n(C)n1. The number of carbonyl (C=O) groups is 2. The Labute approximate surface area is 121 Å². The van der Waals surface area contributed by atoms with Crippen molar-refractivity contribution in [3.8, 4) is 0 Å². The summed E-state index contributed by atoms with van der Waals surface area (Å²) in [5, 5.41) is 9.23. The molecule has 112 valence electrons. The standard InChI is InChI=1S/C13H17N5O3/c1-8(12(19)14-7-10-5-4-6-21-10)15-13(20)11-16-9(2)17-18(11)3/h4-6,8H,7H2,1-3H3,(H,14,19)(H,15,20)/t8-/m1/s1. The summed E-state index contributed by atoms with van der Waals surface area (Å²) >= 11 is 0. The van der Waals surface area contributed by atoms with E-state index in [2.05, 4.69) is 20.7 Å². The van der Waals surface area contributed by atoms with E-state index in [1.54, 1.807) is 33.0 Å². The van der Waals surface area contributed by atoms with E-state index in [1.807, 2.05) is 0 Å². The van der Waals surface area contributed by atoms with Crippen molar-refractivity contribution < 1.29 is 14.0 Å². The van der Waals surface area contributed by atoms with Crippen LogP contribution in [0.1, 0.15) is 29.1 Å². The first-order chi connectivity index (χ1) is 9.97. The lowest BCUT2D eigenvalue weighted by Crippen LogP contribution is -2.45. The number of nitrogens with zero attached hydrogens (tertiary/aromatic N) is 3. The van der Waals surface area contributed by atoms with E-state index >= 15 is 0 Å². The molecule has 2 amide bonds. The molecule has 21 heavy (non-hydrogen) atoms. The summed E-state index contributed by atoms with van der Waals surface area (Å²) in [4.78, 5) is 27.9. The van der Waals surface area contributed by atoms with Gasteiger partial charge in [-0.1, -0.05) is 0 Å². The first-order valence-corrected chi connectivity index (χ1v) is 6.46. The Kier molecular flexibility index (Phi) is 4.36. The fourth-order valence-electron chi connectivity index (χ4n) is 1.78. The average molecular weight is 291 g/mol. The van der Waals surface area contributed by atoms with E-state index in [0.29, 0.717) is 11.6 Å². The van der Waals surface area contributed by atoms with Crippen LogP contribution in [-0.4, -0.2) is 32.6 Å². The Bertz CT molecular complexity index is 632. The molecule has 2 N–H and O–H groups in total. The number of carbonyl (C=O) groups excluding carboxylic acids is 2. The first-order valence-electron chi connectivity index (χ1n) is 6.46. The van der Waals surface area contributed by atoms with Crippen LogP contribution < -0.4 is 10.6 Å². The third-order valence-electron chi connectivity index (χ3n) is 2.83. The van der Waals surface area contributed by atoms with Gasteiger partial charge in [-0.15, -0.1) is 0 Å². The van der Waals surface area contributed by atoms with Gasteiger partial charge in [-0.2, -0.15) is 5.10 Å². The van der Waals surface area contributed by atoms with Crippen LogP contribution >= 0.6 is 0 Å². The number of hydrogen-bond donors (Lipinski definition) is 2. The molecule has 0 unspecified atom stereocenters. The van der Waals surface area contributed by atoms with E-state index in [0.717, 1.165) is 0 Å². The summed E-state index contributed by atoms with van der Waals surface area (Å²) in [5.41, 5.74) is 0. The van der Waals surface area contributed by atoms with E-state index in [4.69, 9.17) is 4.42 Å². The number of nitrogens with one attached hydrogen (secondary N) is 2. The van der Waals surface area contributed by atoms with Gasteiger partial charge in [0.1, 0.15) is 17.6 Å². The molecule has 0 saturated carbocycles. The lowest BCUT2D eigenvalue weighted by molar-refractivity contribution is -0.122. The van der Waals surface area contributed by atoms with Crippen LogP contribution in [0.25, 0.3) is 0 Å². The molecule has 0 spiro atoms. The highest BCUT2D eigenvalue weighted by Crippen LogP contribution is 2.00. The maximum absolute atomic E-state index is 12.0. The monoisotopic (exact) mass is 291 g/mol. The van der Waals surface area contributed by atoms with Crippen molar-refractivity contribution in [1.29, 1.82) is 0 Å². The normalized spacial score (nSPS) is 12.0. The van der Waals surface area contributed by atoms with E-state index in [1.165, 1.54) is 10.9 Å². The second kappa shape index (κ2) is 6.21. The molecule has 1 atom stereocenters. The van der Waals surface area contributed by atoms with Gasteiger partial charge >= 0.3 is 0 Å². The van der Waals surface area contributed by atoms with Gasteiger partial charge in [0.2, 0.25) is 11.7 Å². The van der Waals surface area contributed by atoms with Gasteiger partial charge in [-0.25, -0.2) is 9.67 Å². The predicted molar refractivity (Wildman–Crippen MR) is 73.2 cm³/mol. The highest BCUT2D eigenvalue weighted by Gasteiger charge is 2.20. The van der Waals surface area contributed by atoms with Gasteiger partial charge in [0, 0.05) is 7.05 Å². The summed E-state index contributed by atoms with van der Waals surface area (Å²) < 4.78 is 6.48. The van der Waals surface area contributed by atoms with Crippen molar-refractivity contribution in [2.45, 2.75) is 26.4 Å². The molecule has 8 nitrogen and oxygen atoms in total. The number of rotatable bonds is 5. The van der Waals surface area contributed by atoms with Gasteiger partial charge in [-0.05, 0) is 26.0 Å². The lowest BCUT2D eigenvalue weighted by Gasteiger charge is -2.13. The third-order valence-corrected chi connectivity index (χ3v) is 2.83. The van der Waals surface area contributed by atoms with Crippen molar-refractivity contribution in [1.82, 2.24) is 25.4 Å². The quantitative estimate of drug-likeness (QED) is 0.816. The first kappa shape index (κ1) is 14.8. The molecule has 8 heteroatoms. The minimum absolute atomic E-state index is 0.165. The fourth-order valence-corrected chi connectivity index (χ4v) is 1.78. The predicted octanol–water partition coefficient (Wildman–Crippen LogP) is 0.151. The molecule has 2 aromatic heterocycles. The molecule has 0 radical (unpaired) electrons. The molecule has 0 aliphatic rings. The van der Waals surface area contributed by atoms with Gasteiger partial charge in [0.25, 0.3) is 5.91 Å². The van der Waals surface area contributed by atoms with E-state index < -0.39 is 11.9 Å². The van der Waals surface area contributed by atoms with Gasteiger partial charge in [0.15, 0.2) is 0 Å². The molecule has 0 fully saturated rings. The second-order valence-electron chi connectivity index (χ2n) is 4.60. The molecule has 0 saturated heterocycles. The van der Waals surface area contributed by atoms with Crippen molar-refractivity contribution >= 4 is 11.8 Å². The van der Waals surface area contributed by atoms with Crippen molar-refractivity contribution in [3.05, 3.63) is 35.8 Å². The third kappa shape index (κ3) is 3.68. The van der Waals surface area contributed by atoms with Gasteiger partial charge in [-0.3, -0.25) is 9.59 Å². The Morgan fingerprint density at radius 2 is 2.24 bits per heavy atom. The smallest absolute Gasteiger partial charge is 0.289 e. The number of aryl methyl sites for hydroxylation is 2. The molecule has 2 rings (SSSR count). The molecule has 2 heterocycles. The van der Waals surface area contributed by atoms with Crippen LogP contribution in [0, 0.1) is 6.92 Å². The number of aromatic nitrogens is 3. The zero-order valence-electron chi connectivity index (χ0n) is 12.1. The molecule has 2 aromatic rings. The highest BCUT2D eigenvalue weighted by molar-refractivity contribution is 5.94. The summed E-state index contributed by atoms with van der Waals surface area (Å²) in [6, 6.07) is 2.80. The molecule has 0 aliphatic carbocycles. The molecule has 0 aliphatic heterocycles. The van der Waals surface area contributed by atoms with Gasteiger partial charge in [0.05, 0.1) is 12.8 Å². The van der Waals surface area contributed by atoms with Crippen molar-refractivity contribution in [2.24, 2.45) is 7.05 Å². The maximum atomic E-state index is 12.0. The molecular formula is C13H17N5O3. The van der Waals surface area contributed by atoms with Crippen LogP contribution in [0.5, 0.6) is 0 Å². The fraction of sp³-hybridized carbons (Fsp3) is 0.385. The Morgan fingerprint density at radius 1 is 1.48 bits per heavy atom. The summed E-state index contributed by atoms with van der Waals surface area (Å²) in [6.45, 7) is 3.56. The number of furan rings is 1. The Hall–Kier alpha value is -2.64. The van der Waals surface area contributed by atoms with E-state index in [-0.39, 0.29) is 18.3 Å². The Balaban J connectivity index is 1.88. The topological polar surface area (TPSA) is 102 Å². The van der Waals surface area contributed by atoms with Crippen LogP contribution in [0.15, 0.2) is 22.8 Å². The molecular weight excluding hydrogens is 274 g/mol. The largest absolute Gasteiger partial charge is 0.467 e. The molecule has 0 bridgehead atoms. The van der Waals surface area contributed by atoms with Crippen LogP contribution in [0.2, 0.25) is 0 Å². The Morgan fingerprint density at radius 3 is 2.81 bits per heavy atom. The van der Waals surface area contributed by atoms with Crippen LogP contribution in [0.4, 0.5) is 0 Å². The zero-order valence-corrected chi connectivity index (χ0v) is 12.1. The number of hydrogen-bond acceptors (Lipinski definition) is 5. The minimum Gasteiger partial charge on any atom is -0.467 e. The zero-order chi connectivity index (χ0) is 15.4. The maximum Gasteiger partial charge on any atom is 0.289 e. The summed E-state index contributed by atoms with van der Waals surface area (Å²) in [5.74, 6) is 0.555. The average Bonchev–Trinajstić information content (AvgIpc) is 3.05. The van der Waals surface area contributed by atoms with Crippen LogP contribution in [0.3, 0.4) is 0 Å². The van der Waals surface area contributed by atoms with E-state index in [9.17, 15) is 9.59 Å². The van der Waals surface area contributed by atoms with Crippen molar-refractivity contribution in [3.63, 3.8) is 0 Å². The lowest BCUT2D eigenvalue weighted by atomic mass is 10.3. The van der Waals surface area contributed by atoms with Crippen molar-refractivity contribution in [2.75, 3.05) is 0 Å². The van der Waals surface area contributed by atoms with Gasteiger partial charge < -0.3 is 15.1 Å².